The number of aliphatic hydroxyl groups is 1. The molecule has 1 aliphatic rings. The molecule has 1 fully saturated rings. The van der Waals surface area contributed by atoms with Gasteiger partial charge in [0.2, 0.25) is 11.7 Å². The minimum Gasteiger partial charge on any atom is -0.392 e. The van der Waals surface area contributed by atoms with Crippen molar-refractivity contribution in [3.63, 3.8) is 0 Å². The Hall–Kier alpha value is -1.43. The second kappa shape index (κ2) is 4.68. The molecular weight excluding hydrogens is 254 g/mol. The van der Waals surface area contributed by atoms with E-state index in [2.05, 4.69) is 15.5 Å². The molecule has 2 heterocycles. The molecule has 2 aromatic rings. The van der Waals surface area contributed by atoms with Gasteiger partial charge in [0, 0.05) is 17.1 Å². The minimum absolute atomic E-state index is 0.0690. The van der Waals surface area contributed by atoms with Gasteiger partial charge in [-0.15, -0.1) is 0 Å². The van der Waals surface area contributed by atoms with Gasteiger partial charge >= 0.3 is 0 Å². The summed E-state index contributed by atoms with van der Waals surface area (Å²) < 4.78 is 5.21. The Morgan fingerprint density at radius 3 is 3.06 bits per heavy atom. The van der Waals surface area contributed by atoms with Crippen molar-refractivity contribution in [2.75, 3.05) is 6.54 Å². The third-order valence-electron chi connectivity index (χ3n) is 2.93. The van der Waals surface area contributed by atoms with E-state index in [-0.39, 0.29) is 12.1 Å². The van der Waals surface area contributed by atoms with E-state index >= 15 is 0 Å². The molecular formula is C12H12ClN3O2. The van der Waals surface area contributed by atoms with Gasteiger partial charge < -0.3 is 14.9 Å². The van der Waals surface area contributed by atoms with Crippen molar-refractivity contribution in [3.05, 3.63) is 35.2 Å². The normalized spacial score (nSPS) is 23.4. The first-order valence-electron chi connectivity index (χ1n) is 5.73. The van der Waals surface area contributed by atoms with Crippen molar-refractivity contribution < 1.29 is 9.63 Å². The zero-order valence-corrected chi connectivity index (χ0v) is 10.3. The third kappa shape index (κ3) is 2.25. The predicted molar refractivity (Wildman–Crippen MR) is 66.1 cm³/mol. The van der Waals surface area contributed by atoms with Crippen LogP contribution in [0.4, 0.5) is 0 Å². The number of β-amino-alcohol motifs (C(OH)–C–C–N with tert-alkyl or cyclic N) is 1. The summed E-state index contributed by atoms with van der Waals surface area (Å²) in [5.74, 6) is 1.01. The van der Waals surface area contributed by atoms with Gasteiger partial charge in [-0.3, -0.25) is 0 Å². The first-order valence-corrected chi connectivity index (χ1v) is 6.11. The number of hydrogen-bond acceptors (Lipinski definition) is 5. The van der Waals surface area contributed by atoms with Crippen molar-refractivity contribution in [1.29, 1.82) is 0 Å². The predicted octanol–water partition coefficient (Wildman–Crippen LogP) is 1.79. The lowest BCUT2D eigenvalue weighted by Gasteiger charge is -2.01. The highest BCUT2D eigenvalue weighted by Crippen LogP contribution is 2.25. The Kier molecular flexibility index (Phi) is 3.03. The summed E-state index contributed by atoms with van der Waals surface area (Å²) in [7, 11) is 0. The summed E-state index contributed by atoms with van der Waals surface area (Å²) in [4.78, 5) is 4.33. The van der Waals surface area contributed by atoms with Crippen LogP contribution in [0.15, 0.2) is 28.8 Å². The Bertz CT molecular complexity index is 558. The van der Waals surface area contributed by atoms with Crippen LogP contribution in [0.25, 0.3) is 11.4 Å². The highest BCUT2D eigenvalue weighted by atomic mass is 35.5. The number of rotatable bonds is 2. The van der Waals surface area contributed by atoms with E-state index in [4.69, 9.17) is 16.1 Å². The Morgan fingerprint density at radius 1 is 1.44 bits per heavy atom. The van der Waals surface area contributed by atoms with Gasteiger partial charge in [-0.25, -0.2) is 0 Å². The van der Waals surface area contributed by atoms with E-state index in [0.29, 0.717) is 29.7 Å². The lowest BCUT2D eigenvalue weighted by atomic mass is 10.2. The second-order valence-electron chi connectivity index (χ2n) is 4.32. The molecule has 2 N–H and O–H groups in total. The van der Waals surface area contributed by atoms with Gasteiger partial charge in [0.25, 0.3) is 0 Å². The molecule has 1 aromatic heterocycles. The van der Waals surface area contributed by atoms with Crippen LogP contribution in [0.2, 0.25) is 5.02 Å². The quantitative estimate of drug-likeness (QED) is 0.866. The molecule has 0 amide bonds. The molecule has 0 radical (unpaired) electrons. The van der Waals surface area contributed by atoms with Gasteiger partial charge in [0.15, 0.2) is 0 Å². The fourth-order valence-corrected chi connectivity index (χ4v) is 2.22. The Balaban J connectivity index is 1.85. The summed E-state index contributed by atoms with van der Waals surface area (Å²) in [5.41, 5.74) is 0.816. The highest BCUT2D eigenvalue weighted by Gasteiger charge is 2.28. The van der Waals surface area contributed by atoms with E-state index in [9.17, 15) is 5.11 Å². The van der Waals surface area contributed by atoms with Crippen LogP contribution < -0.4 is 5.32 Å². The summed E-state index contributed by atoms with van der Waals surface area (Å²) in [6.07, 6.45) is 0.244. The third-order valence-corrected chi connectivity index (χ3v) is 3.17. The molecule has 5 nitrogen and oxygen atoms in total. The van der Waals surface area contributed by atoms with Crippen molar-refractivity contribution in [3.8, 4) is 11.4 Å². The van der Waals surface area contributed by atoms with Crippen LogP contribution in [-0.4, -0.2) is 27.9 Å². The van der Waals surface area contributed by atoms with Crippen molar-refractivity contribution in [2.24, 2.45) is 0 Å². The van der Waals surface area contributed by atoms with Crippen LogP contribution >= 0.6 is 11.6 Å². The first-order chi connectivity index (χ1) is 8.72. The average Bonchev–Trinajstić information content (AvgIpc) is 2.97. The molecule has 3 rings (SSSR count). The van der Waals surface area contributed by atoms with E-state index in [1.54, 1.807) is 12.1 Å². The maximum atomic E-state index is 9.45. The van der Waals surface area contributed by atoms with Crippen molar-refractivity contribution in [2.45, 2.75) is 18.6 Å². The number of benzene rings is 1. The molecule has 1 saturated heterocycles. The highest BCUT2D eigenvalue weighted by molar-refractivity contribution is 6.30. The number of halogens is 1. The molecule has 0 aliphatic carbocycles. The number of nitrogens with zero attached hydrogens (tertiary/aromatic N) is 2. The molecule has 0 spiro atoms. The molecule has 0 bridgehead atoms. The van der Waals surface area contributed by atoms with E-state index < -0.39 is 0 Å². The Labute approximate surface area is 109 Å². The van der Waals surface area contributed by atoms with Gasteiger partial charge in [-0.05, 0) is 18.6 Å². The van der Waals surface area contributed by atoms with Crippen LogP contribution in [0.3, 0.4) is 0 Å². The smallest absolute Gasteiger partial charge is 0.244 e. The van der Waals surface area contributed by atoms with Crippen molar-refractivity contribution >= 4 is 11.6 Å². The Morgan fingerprint density at radius 2 is 2.33 bits per heavy atom. The number of nitrogens with one attached hydrogen (secondary N) is 1. The average molecular weight is 266 g/mol. The minimum atomic E-state index is -0.350. The van der Waals surface area contributed by atoms with E-state index in [1.807, 2.05) is 12.1 Å². The molecule has 6 heteroatoms. The summed E-state index contributed by atoms with van der Waals surface area (Å²) in [5, 5.41) is 17.1. The lowest BCUT2D eigenvalue weighted by molar-refractivity contribution is 0.191. The van der Waals surface area contributed by atoms with Crippen LogP contribution in [0.5, 0.6) is 0 Å². The fourth-order valence-electron chi connectivity index (χ4n) is 2.03. The number of aromatic nitrogens is 2. The van der Waals surface area contributed by atoms with E-state index in [0.717, 1.165) is 5.56 Å². The maximum Gasteiger partial charge on any atom is 0.244 e. The summed E-state index contributed by atoms with van der Waals surface area (Å²) in [6.45, 7) is 0.555. The van der Waals surface area contributed by atoms with Crippen LogP contribution in [-0.2, 0) is 0 Å². The van der Waals surface area contributed by atoms with Crippen LogP contribution in [0.1, 0.15) is 18.4 Å². The molecule has 1 aromatic carbocycles. The van der Waals surface area contributed by atoms with Crippen molar-refractivity contribution in [1.82, 2.24) is 15.5 Å². The van der Waals surface area contributed by atoms with Gasteiger partial charge in [-0.1, -0.05) is 28.9 Å². The molecule has 18 heavy (non-hydrogen) atoms. The molecule has 1 aliphatic heterocycles. The molecule has 2 atom stereocenters. The van der Waals surface area contributed by atoms with Gasteiger partial charge in [0.05, 0.1) is 12.1 Å². The number of aliphatic hydroxyl groups excluding tert-OH is 1. The van der Waals surface area contributed by atoms with Gasteiger partial charge in [0.1, 0.15) is 0 Å². The second-order valence-corrected chi connectivity index (χ2v) is 4.75. The SMILES string of the molecule is O[C@H]1CN[C@@H](c2nc(-c3cccc(Cl)c3)no2)C1. The lowest BCUT2D eigenvalue weighted by Crippen LogP contribution is -2.15. The summed E-state index contributed by atoms with van der Waals surface area (Å²) in [6, 6.07) is 7.22. The molecule has 0 unspecified atom stereocenters. The first kappa shape index (κ1) is 11.6. The zero-order chi connectivity index (χ0) is 12.5. The topological polar surface area (TPSA) is 71.2 Å². The number of hydrogen-bond donors (Lipinski definition) is 2. The monoisotopic (exact) mass is 265 g/mol. The summed E-state index contributed by atoms with van der Waals surface area (Å²) >= 11 is 5.92. The molecule has 0 saturated carbocycles. The fraction of sp³-hybridized carbons (Fsp3) is 0.333. The van der Waals surface area contributed by atoms with Gasteiger partial charge in [-0.2, -0.15) is 4.98 Å². The van der Waals surface area contributed by atoms with E-state index in [1.165, 1.54) is 0 Å². The maximum absolute atomic E-state index is 9.45. The standard InChI is InChI=1S/C12H12ClN3O2/c13-8-3-1-2-7(4-8)11-15-12(18-16-11)10-5-9(17)6-14-10/h1-4,9-10,14,17H,5-6H2/t9-,10-/m1/s1. The van der Waals surface area contributed by atoms with Crippen LogP contribution in [0, 0.1) is 0 Å². The molecule has 94 valence electrons. The largest absolute Gasteiger partial charge is 0.392 e. The zero-order valence-electron chi connectivity index (χ0n) is 9.51.